The van der Waals surface area contributed by atoms with Crippen molar-refractivity contribution in [2.75, 3.05) is 20.3 Å². The molecule has 2 aromatic carbocycles. The van der Waals surface area contributed by atoms with Crippen molar-refractivity contribution in [2.24, 2.45) is 10.8 Å². The zero-order chi connectivity index (χ0) is 28.7. The van der Waals surface area contributed by atoms with Crippen molar-refractivity contribution in [3.8, 4) is 11.5 Å². The number of allylic oxidation sites excluding steroid dienone is 4. The van der Waals surface area contributed by atoms with Crippen molar-refractivity contribution < 1.29 is 19.1 Å². The Balaban J connectivity index is 1.68. The third-order valence-electron chi connectivity index (χ3n) is 8.47. The summed E-state index contributed by atoms with van der Waals surface area (Å²) in [6, 6.07) is 16.4. The highest BCUT2D eigenvalue weighted by atomic mass is 16.5. The van der Waals surface area contributed by atoms with Crippen molar-refractivity contribution >= 4 is 11.6 Å². The standard InChI is InChI=1S/C35H43NO4/c1-7-17-40-29-14-13-24(18-30(29)39-6)31-32-25(19-34(2,3)21-27(32)37)36(16-15-23-11-9-8-10-12-23)26-20-35(4,5)22-28(38)33(26)31/h8-14,18,31H,7,15-17,19-22H2,1-6H3. The summed E-state index contributed by atoms with van der Waals surface area (Å²) in [5, 5.41) is 0. The summed E-state index contributed by atoms with van der Waals surface area (Å²) in [5.74, 6) is 1.23. The molecule has 0 N–H and O–H groups in total. The van der Waals surface area contributed by atoms with Crippen molar-refractivity contribution in [2.45, 2.75) is 79.1 Å². The molecule has 3 aliphatic rings. The van der Waals surface area contributed by atoms with Gasteiger partial charge in [0.2, 0.25) is 0 Å². The summed E-state index contributed by atoms with van der Waals surface area (Å²) in [4.78, 5) is 30.5. The molecule has 2 aliphatic carbocycles. The SMILES string of the molecule is CCCOc1ccc(C2C3=C(CC(C)(C)CC3=O)N(CCc3ccccc3)C3=C2C(=O)CC(C)(C)C3)cc1OC. The average molecular weight is 542 g/mol. The zero-order valence-electron chi connectivity index (χ0n) is 24.9. The monoisotopic (exact) mass is 541 g/mol. The van der Waals surface area contributed by atoms with Crippen molar-refractivity contribution in [3.05, 3.63) is 82.2 Å². The van der Waals surface area contributed by atoms with Crippen LogP contribution in [0.2, 0.25) is 0 Å². The van der Waals surface area contributed by atoms with Crippen LogP contribution in [0, 0.1) is 10.8 Å². The first-order chi connectivity index (χ1) is 19.0. The second kappa shape index (κ2) is 10.9. The molecule has 0 amide bonds. The smallest absolute Gasteiger partial charge is 0.162 e. The molecule has 5 rings (SSSR count). The highest BCUT2D eigenvalue weighted by Gasteiger charge is 2.49. The van der Waals surface area contributed by atoms with Crippen LogP contribution in [-0.2, 0) is 16.0 Å². The molecule has 5 nitrogen and oxygen atoms in total. The van der Waals surface area contributed by atoms with Crippen LogP contribution in [0.4, 0.5) is 0 Å². The van der Waals surface area contributed by atoms with E-state index in [1.165, 1.54) is 5.56 Å². The molecule has 0 unspecified atom stereocenters. The number of Topliss-reactive ketones (excluding diaryl/α,β-unsaturated/α-hetero) is 2. The minimum Gasteiger partial charge on any atom is -0.493 e. The molecule has 212 valence electrons. The van der Waals surface area contributed by atoms with Crippen LogP contribution in [0.5, 0.6) is 11.5 Å². The molecule has 5 heteroatoms. The maximum absolute atomic E-state index is 14.0. The lowest BCUT2D eigenvalue weighted by Gasteiger charge is -2.49. The first kappa shape index (κ1) is 28.2. The highest BCUT2D eigenvalue weighted by molar-refractivity contribution is 6.06. The van der Waals surface area contributed by atoms with Gasteiger partial charge in [0.25, 0.3) is 0 Å². The Labute approximate surface area is 239 Å². The van der Waals surface area contributed by atoms with Gasteiger partial charge in [-0.2, -0.15) is 0 Å². The number of methoxy groups -OCH3 is 1. The number of carbonyl (C=O) groups is 2. The molecule has 2 aromatic rings. The molecule has 40 heavy (non-hydrogen) atoms. The Bertz CT molecular complexity index is 1310. The summed E-state index contributed by atoms with van der Waals surface area (Å²) in [6.07, 6.45) is 4.31. The van der Waals surface area contributed by atoms with Crippen LogP contribution in [0.3, 0.4) is 0 Å². The predicted molar refractivity (Wildman–Crippen MR) is 158 cm³/mol. The van der Waals surface area contributed by atoms with Gasteiger partial charge in [0.05, 0.1) is 13.7 Å². The number of nitrogens with zero attached hydrogens (tertiary/aromatic N) is 1. The fourth-order valence-corrected chi connectivity index (χ4v) is 6.73. The van der Waals surface area contributed by atoms with Crippen LogP contribution < -0.4 is 9.47 Å². The topological polar surface area (TPSA) is 55.8 Å². The van der Waals surface area contributed by atoms with Gasteiger partial charge >= 0.3 is 0 Å². The maximum Gasteiger partial charge on any atom is 0.162 e. The Hall–Kier alpha value is -3.34. The predicted octanol–water partition coefficient (Wildman–Crippen LogP) is 7.41. The number of ether oxygens (including phenoxy) is 2. The highest BCUT2D eigenvalue weighted by Crippen LogP contribution is 2.55. The number of hydrogen-bond donors (Lipinski definition) is 0. The molecule has 0 spiro atoms. The summed E-state index contributed by atoms with van der Waals surface area (Å²) in [7, 11) is 1.64. The number of hydrogen-bond acceptors (Lipinski definition) is 5. The molecule has 1 heterocycles. The van der Waals surface area contributed by atoms with E-state index in [9.17, 15) is 9.59 Å². The van der Waals surface area contributed by atoms with Crippen molar-refractivity contribution in [3.63, 3.8) is 0 Å². The normalized spacial score (nSPS) is 20.4. The molecule has 0 atom stereocenters. The minimum absolute atomic E-state index is 0.146. The Morgan fingerprint density at radius 3 is 1.98 bits per heavy atom. The molecule has 0 fully saturated rings. The quantitative estimate of drug-likeness (QED) is 0.348. The van der Waals surface area contributed by atoms with E-state index in [2.05, 4.69) is 63.8 Å². The number of carbonyl (C=O) groups excluding carboxylic acids is 2. The summed E-state index contributed by atoms with van der Waals surface area (Å²) < 4.78 is 11.7. The van der Waals surface area contributed by atoms with E-state index in [0.717, 1.165) is 60.3 Å². The minimum atomic E-state index is -0.390. The third kappa shape index (κ3) is 5.48. The van der Waals surface area contributed by atoms with E-state index in [0.29, 0.717) is 30.9 Å². The van der Waals surface area contributed by atoms with Gasteiger partial charge in [-0.25, -0.2) is 0 Å². The molecule has 0 radical (unpaired) electrons. The van der Waals surface area contributed by atoms with Gasteiger partial charge in [-0.1, -0.05) is 71.0 Å². The van der Waals surface area contributed by atoms with E-state index in [1.54, 1.807) is 7.11 Å². The van der Waals surface area contributed by atoms with Crippen LogP contribution in [0.15, 0.2) is 71.1 Å². The van der Waals surface area contributed by atoms with Crippen LogP contribution in [0.25, 0.3) is 0 Å². The number of rotatable bonds is 8. The van der Waals surface area contributed by atoms with E-state index in [-0.39, 0.29) is 28.3 Å². The van der Waals surface area contributed by atoms with Gasteiger partial charge in [0, 0.05) is 47.8 Å². The molecule has 0 bridgehead atoms. The van der Waals surface area contributed by atoms with Crippen LogP contribution in [0.1, 0.15) is 83.8 Å². The Morgan fingerprint density at radius 1 is 0.825 bits per heavy atom. The second-order valence-electron chi connectivity index (χ2n) is 13.2. The lowest BCUT2D eigenvalue weighted by atomic mass is 9.63. The van der Waals surface area contributed by atoms with Crippen molar-refractivity contribution in [1.82, 2.24) is 4.90 Å². The molecule has 0 saturated heterocycles. The molecular formula is C35H43NO4. The van der Waals surface area contributed by atoms with Crippen LogP contribution in [-0.4, -0.2) is 36.7 Å². The number of benzene rings is 2. The fraction of sp³-hybridized carbons (Fsp3) is 0.486. The van der Waals surface area contributed by atoms with E-state index in [1.807, 2.05) is 24.3 Å². The lowest BCUT2D eigenvalue weighted by molar-refractivity contribution is -0.119. The van der Waals surface area contributed by atoms with E-state index >= 15 is 0 Å². The van der Waals surface area contributed by atoms with Crippen LogP contribution >= 0.6 is 0 Å². The van der Waals surface area contributed by atoms with Gasteiger partial charge in [0.1, 0.15) is 0 Å². The van der Waals surface area contributed by atoms with Gasteiger partial charge in [0.15, 0.2) is 23.1 Å². The zero-order valence-corrected chi connectivity index (χ0v) is 24.9. The maximum atomic E-state index is 14.0. The third-order valence-corrected chi connectivity index (χ3v) is 8.47. The number of ketones is 2. The second-order valence-corrected chi connectivity index (χ2v) is 13.2. The van der Waals surface area contributed by atoms with Gasteiger partial charge < -0.3 is 14.4 Å². The fourth-order valence-electron chi connectivity index (χ4n) is 6.73. The first-order valence-corrected chi connectivity index (χ1v) is 14.7. The average Bonchev–Trinajstić information content (AvgIpc) is 2.89. The largest absolute Gasteiger partial charge is 0.493 e. The Morgan fingerprint density at radius 2 is 1.43 bits per heavy atom. The van der Waals surface area contributed by atoms with Crippen molar-refractivity contribution in [1.29, 1.82) is 0 Å². The first-order valence-electron chi connectivity index (χ1n) is 14.7. The van der Waals surface area contributed by atoms with E-state index < -0.39 is 0 Å². The Kier molecular flexibility index (Phi) is 7.69. The molecule has 1 aliphatic heterocycles. The molecule has 0 saturated carbocycles. The van der Waals surface area contributed by atoms with E-state index in [4.69, 9.17) is 9.47 Å². The van der Waals surface area contributed by atoms with Gasteiger partial charge in [-0.15, -0.1) is 0 Å². The summed E-state index contributed by atoms with van der Waals surface area (Å²) >= 11 is 0. The van der Waals surface area contributed by atoms with Gasteiger partial charge in [-0.3, -0.25) is 9.59 Å². The summed E-state index contributed by atoms with van der Waals surface area (Å²) in [6.45, 7) is 12.1. The molecular weight excluding hydrogens is 498 g/mol. The summed E-state index contributed by atoms with van der Waals surface area (Å²) in [5.41, 5.74) is 5.66. The lowest BCUT2D eigenvalue weighted by Crippen LogP contribution is -2.45. The van der Waals surface area contributed by atoms with Gasteiger partial charge in [-0.05, 0) is 59.8 Å². The molecule has 0 aromatic heterocycles.